The molecule has 0 spiro atoms. The van der Waals surface area contributed by atoms with Gasteiger partial charge in [0.25, 0.3) is 10.2 Å². The normalized spacial score (nSPS) is 16.1. The highest BCUT2D eigenvalue weighted by Gasteiger charge is 2.23. The van der Waals surface area contributed by atoms with E-state index in [2.05, 4.69) is 9.44 Å². The maximum atomic E-state index is 11.5. The number of carboxylic acids is 1. The molecule has 0 aromatic heterocycles. The van der Waals surface area contributed by atoms with E-state index in [0.29, 0.717) is 6.54 Å². The summed E-state index contributed by atoms with van der Waals surface area (Å²) in [6.07, 6.45) is 0. The Morgan fingerprint density at radius 3 is 2.12 bits per heavy atom. The molecular weight excluding hydrogens is 232 g/mol. The molecule has 0 aliphatic rings. The van der Waals surface area contributed by atoms with Gasteiger partial charge in [-0.25, -0.2) is 4.72 Å². The molecule has 3 N–H and O–H groups in total. The fourth-order valence-electron chi connectivity index (χ4n) is 0.879. The molecule has 96 valence electrons. The van der Waals surface area contributed by atoms with Crippen molar-refractivity contribution in [3.63, 3.8) is 0 Å². The van der Waals surface area contributed by atoms with Crippen LogP contribution in [0.4, 0.5) is 0 Å². The van der Waals surface area contributed by atoms with Crippen molar-refractivity contribution >= 4 is 16.2 Å². The topological polar surface area (TPSA) is 95.5 Å². The summed E-state index contributed by atoms with van der Waals surface area (Å²) in [5.41, 5.74) is 0. The third-order valence-corrected chi connectivity index (χ3v) is 3.39. The molecule has 2 unspecified atom stereocenters. The maximum Gasteiger partial charge on any atom is 0.307 e. The number of hydrogen-bond acceptors (Lipinski definition) is 3. The molecule has 0 aromatic carbocycles. The smallest absolute Gasteiger partial charge is 0.307 e. The van der Waals surface area contributed by atoms with Crippen LogP contribution in [0.5, 0.6) is 0 Å². The van der Waals surface area contributed by atoms with Gasteiger partial charge in [0.2, 0.25) is 0 Å². The number of carbonyl (C=O) groups is 1. The van der Waals surface area contributed by atoms with Gasteiger partial charge < -0.3 is 5.11 Å². The monoisotopic (exact) mass is 252 g/mol. The van der Waals surface area contributed by atoms with E-state index in [1.807, 2.05) is 13.8 Å². The van der Waals surface area contributed by atoms with E-state index in [-0.39, 0.29) is 5.92 Å². The van der Waals surface area contributed by atoms with E-state index in [0.717, 1.165) is 0 Å². The molecule has 7 heteroatoms. The van der Waals surface area contributed by atoms with Gasteiger partial charge in [-0.3, -0.25) is 4.79 Å². The predicted molar refractivity (Wildman–Crippen MR) is 61.2 cm³/mol. The van der Waals surface area contributed by atoms with Gasteiger partial charge in [-0.2, -0.15) is 13.1 Å². The number of hydrogen-bond donors (Lipinski definition) is 3. The predicted octanol–water partition coefficient (Wildman–Crippen LogP) is 0.176. The third kappa shape index (κ3) is 6.04. The number of rotatable bonds is 7. The minimum absolute atomic E-state index is 0.198. The van der Waals surface area contributed by atoms with Gasteiger partial charge in [0.15, 0.2) is 0 Å². The fourth-order valence-corrected chi connectivity index (χ4v) is 2.21. The van der Waals surface area contributed by atoms with Gasteiger partial charge in [-0.15, -0.1) is 0 Å². The molecule has 0 aromatic rings. The molecule has 2 atom stereocenters. The van der Waals surface area contributed by atoms with E-state index >= 15 is 0 Å². The Morgan fingerprint density at radius 1 is 1.25 bits per heavy atom. The van der Waals surface area contributed by atoms with Gasteiger partial charge in [0.1, 0.15) is 0 Å². The van der Waals surface area contributed by atoms with Crippen LogP contribution in [-0.4, -0.2) is 32.1 Å². The van der Waals surface area contributed by atoms with E-state index in [9.17, 15) is 13.2 Å². The van der Waals surface area contributed by atoms with E-state index in [4.69, 9.17) is 5.11 Å². The van der Waals surface area contributed by atoms with Crippen LogP contribution in [0.25, 0.3) is 0 Å². The van der Waals surface area contributed by atoms with Crippen molar-refractivity contribution in [1.29, 1.82) is 0 Å². The second-order valence-electron chi connectivity index (χ2n) is 4.28. The van der Waals surface area contributed by atoms with Crippen LogP contribution < -0.4 is 9.44 Å². The van der Waals surface area contributed by atoms with Crippen LogP contribution in [0.3, 0.4) is 0 Å². The number of nitrogens with one attached hydrogen (secondary N) is 2. The minimum Gasteiger partial charge on any atom is -0.481 e. The Hall–Kier alpha value is -0.660. The van der Waals surface area contributed by atoms with Gasteiger partial charge in [0.05, 0.1) is 5.92 Å². The van der Waals surface area contributed by atoms with Gasteiger partial charge in [0, 0.05) is 12.6 Å². The minimum atomic E-state index is -3.62. The summed E-state index contributed by atoms with van der Waals surface area (Å²) in [7, 11) is -3.62. The van der Waals surface area contributed by atoms with E-state index in [1.165, 1.54) is 13.8 Å². The van der Waals surface area contributed by atoms with Crippen molar-refractivity contribution in [3.05, 3.63) is 0 Å². The highest BCUT2D eigenvalue weighted by Crippen LogP contribution is 2.03. The zero-order valence-corrected chi connectivity index (χ0v) is 10.8. The Balaban J connectivity index is 4.31. The first-order valence-corrected chi connectivity index (χ1v) is 6.63. The average molecular weight is 252 g/mol. The highest BCUT2D eigenvalue weighted by atomic mass is 32.2. The molecule has 0 bridgehead atoms. The van der Waals surface area contributed by atoms with Crippen molar-refractivity contribution in [1.82, 2.24) is 9.44 Å². The SMILES string of the molecule is CC(C)CNS(=O)(=O)NC(C)C(C)C(=O)O. The van der Waals surface area contributed by atoms with Crippen LogP contribution >= 0.6 is 0 Å². The number of aliphatic carboxylic acids is 1. The summed E-state index contributed by atoms with van der Waals surface area (Å²) in [6.45, 7) is 7.06. The van der Waals surface area contributed by atoms with Crippen LogP contribution in [0, 0.1) is 11.8 Å². The van der Waals surface area contributed by atoms with Crippen molar-refractivity contribution in [2.24, 2.45) is 11.8 Å². The largest absolute Gasteiger partial charge is 0.481 e. The zero-order chi connectivity index (χ0) is 12.9. The van der Waals surface area contributed by atoms with E-state index in [1.54, 1.807) is 0 Å². The third-order valence-electron chi connectivity index (χ3n) is 2.16. The molecule has 0 heterocycles. The van der Waals surface area contributed by atoms with Crippen LogP contribution in [0.15, 0.2) is 0 Å². The standard InChI is InChI=1S/C9H20N2O4S/c1-6(2)5-10-16(14,15)11-8(4)7(3)9(12)13/h6-8,10-11H,5H2,1-4H3,(H,12,13). The van der Waals surface area contributed by atoms with Crippen molar-refractivity contribution in [2.75, 3.05) is 6.54 Å². The van der Waals surface area contributed by atoms with E-state index < -0.39 is 28.1 Å². The molecule has 0 saturated carbocycles. The summed E-state index contributed by atoms with van der Waals surface area (Å²) < 4.78 is 27.5. The van der Waals surface area contributed by atoms with Crippen molar-refractivity contribution in [2.45, 2.75) is 33.7 Å². The van der Waals surface area contributed by atoms with Crippen molar-refractivity contribution < 1.29 is 18.3 Å². The summed E-state index contributed by atoms with van der Waals surface area (Å²) in [6, 6.07) is -0.651. The molecule has 0 aliphatic carbocycles. The fraction of sp³-hybridized carbons (Fsp3) is 0.889. The van der Waals surface area contributed by atoms with Gasteiger partial charge >= 0.3 is 5.97 Å². The first-order valence-electron chi connectivity index (χ1n) is 5.15. The number of carboxylic acid groups (broad SMARTS) is 1. The lowest BCUT2D eigenvalue weighted by Crippen LogP contribution is -2.46. The highest BCUT2D eigenvalue weighted by molar-refractivity contribution is 7.87. The quantitative estimate of drug-likeness (QED) is 0.602. The molecule has 0 saturated heterocycles. The van der Waals surface area contributed by atoms with Crippen molar-refractivity contribution in [3.8, 4) is 0 Å². The molecule has 6 nitrogen and oxygen atoms in total. The second kappa shape index (κ2) is 6.17. The lowest BCUT2D eigenvalue weighted by atomic mass is 10.1. The van der Waals surface area contributed by atoms with Gasteiger partial charge in [-0.1, -0.05) is 20.8 Å². The molecule has 0 radical (unpaired) electrons. The average Bonchev–Trinajstić information content (AvgIpc) is 2.12. The van der Waals surface area contributed by atoms with Crippen LogP contribution in [0.1, 0.15) is 27.7 Å². The lowest BCUT2D eigenvalue weighted by Gasteiger charge is -2.18. The Kier molecular flexibility index (Phi) is 5.91. The molecular formula is C9H20N2O4S. The summed E-state index contributed by atoms with van der Waals surface area (Å²) in [5, 5.41) is 8.71. The molecule has 0 amide bonds. The lowest BCUT2D eigenvalue weighted by molar-refractivity contribution is -0.141. The molecule has 0 fully saturated rings. The first-order chi connectivity index (χ1) is 7.15. The maximum absolute atomic E-state index is 11.5. The first kappa shape index (κ1) is 15.3. The van der Waals surface area contributed by atoms with Crippen LogP contribution in [0.2, 0.25) is 0 Å². The Bertz CT molecular complexity index is 326. The summed E-state index contributed by atoms with van der Waals surface area (Å²) >= 11 is 0. The second-order valence-corrected chi connectivity index (χ2v) is 5.81. The summed E-state index contributed by atoms with van der Waals surface area (Å²) in [4.78, 5) is 10.6. The Labute approximate surface area is 96.6 Å². The van der Waals surface area contributed by atoms with Gasteiger partial charge in [-0.05, 0) is 12.8 Å². The Morgan fingerprint density at radius 2 is 1.75 bits per heavy atom. The zero-order valence-electron chi connectivity index (χ0n) is 10.0. The van der Waals surface area contributed by atoms with Crippen LogP contribution in [-0.2, 0) is 15.0 Å². The molecule has 0 rings (SSSR count). The molecule has 16 heavy (non-hydrogen) atoms. The summed E-state index contributed by atoms with van der Waals surface area (Å²) in [5.74, 6) is -1.60. The molecule has 0 aliphatic heterocycles.